The van der Waals surface area contributed by atoms with Crippen LogP contribution >= 0.6 is 11.6 Å². The third-order valence-corrected chi connectivity index (χ3v) is 2.03. The molecule has 0 aliphatic heterocycles. The van der Waals surface area contributed by atoms with Gasteiger partial charge in [-0.25, -0.2) is 9.67 Å². The molecule has 2 heterocycles. The van der Waals surface area contributed by atoms with Gasteiger partial charge in [-0.3, -0.25) is 0 Å². The molecule has 0 aliphatic carbocycles. The Morgan fingerprint density at radius 3 is 2.71 bits per heavy atom. The molecule has 5 heteroatoms. The highest BCUT2D eigenvalue weighted by Gasteiger charge is 2.05. The van der Waals surface area contributed by atoms with E-state index in [9.17, 15) is 0 Å². The molecule has 0 radical (unpaired) electrons. The van der Waals surface area contributed by atoms with Gasteiger partial charge in [-0.15, -0.1) is 0 Å². The zero-order valence-electron chi connectivity index (χ0n) is 7.90. The molecule has 2 aromatic rings. The van der Waals surface area contributed by atoms with Crippen LogP contribution in [0.3, 0.4) is 0 Å². The fraction of sp³-hybridized carbons (Fsp3) is 0.222. The molecule has 0 bridgehead atoms. The molecular formula is C9H9ClN4. The second kappa shape index (κ2) is 3.38. The number of hydrogen-bond donors (Lipinski definition) is 0. The van der Waals surface area contributed by atoms with Gasteiger partial charge in [-0.05, 0) is 31.0 Å². The first-order chi connectivity index (χ1) is 6.66. The lowest BCUT2D eigenvalue weighted by Crippen LogP contribution is -2.02. The third kappa shape index (κ3) is 1.61. The lowest BCUT2D eigenvalue weighted by Gasteiger charge is -2.03. The second-order valence-corrected chi connectivity index (χ2v) is 3.45. The van der Waals surface area contributed by atoms with Crippen molar-refractivity contribution < 1.29 is 0 Å². The largest absolute Gasteiger partial charge is 0.226 e. The van der Waals surface area contributed by atoms with Crippen LogP contribution in [-0.4, -0.2) is 19.7 Å². The van der Waals surface area contributed by atoms with Crippen LogP contribution < -0.4 is 0 Å². The molecule has 0 N–H and O–H groups in total. The molecule has 0 fully saturated rings. The smallest absolute Gasteiger partial charge is 0.224 e. The maximum atomic E-state index is 5.71. The van der Waals surface area contributed by atoms with Gasteiger partial charge < -0.3 is 0 Å². The van der Waals surface area contributed by atoms with Gasteiger partial charge in [-0.1, -0.05) is 0 Å². The van der Waals surface area contributed by atoms with Crippen LogP contribution in [0.1, 0.15) is 11.1 Å². The topological polar surface area (TPSA) is 43.6 Å². The quantitative estimate of drug-likeness (QED) is 0.673. The number of nitrogens with zero attached hydrogens (tertiary/aromatic N) is 4. The normalized spacial score (nSPS) is 10.5. The van der Waals surface area contributed by atoms with Gasteiger partial charge in [-0.2, -0.15) is 10.1 Å². The Bertz CT molecular complexity index is 464. The number of aryl methyl sites for hydroxylation is 2. The average molecular weight is 209 g/mol. The minimum Gasteiger partial charge on any atom is -0.226 e. The number of halogens is 1. The van der Waals surface area contributed by atoms with Crippen molar-refractivity contribution in [1.29, 1.82) is 0 Å². The minimum absolute atomic E-state index is 0.235. The van der Waals surface area contributed by atoms with E-state index in [1.165, 1.54) is 0 Å². The SMILES string of the molecule is Cc1cnn(-c2nc(Cl)ncc2C)c1. The van der Waals surface area contributed by atoms with Gasteiger partial charge in [0.05, 0.1) is 6.20 Å². The summed E-state index contributed by atoms with van der Waals surface area (Å²) < 4.78 is 1.69. The van der Waals surface area contributed by atoms with E-state index in [2.05, 4.69) is 15.1 Å². The summed E-state index contributed by atoms with van der Waals surface area (Å²) >= 11 is 5.71. The molecule has 0 amide bonds. The molecule has 2 rings (SSSR count). The van der Waals surface area contributed by atoms with Gasteiger partial charge in [0.15, 0.2) is 5.82 Å². The number of hydrogen-bond acceptors (Lipinski definition) is 3. The molecule has 0 saturated carbocycles. The molecule has 72 valence electrons. The summed E-state index contributed by atoms with van der Waals surface area (Å²) in [7, 11) is 0. The van der Waals surface area contributed by atoms with E-state index < -0.39 is 0 Å². The van der Waals surface area contributed by atoms with Gasteiger partial charge in [0.25, 0.3) is 0 Å². The molecule has 0 aromatic carbocycles. The molecule has 0 saturated heterocycles. The number of rotatable bonds is 1. The summed E-state index contributed by atoms with van der Waals surface area (Å²) in [4.78, 5) is 8.00. The molecule has 0 aliphatic rings. The highest BCUT2D eigenvalue weighted by molar-refractivity contribution is 6.28. The predicted octanol–water partition coefficient (Wildman–Crippen LogP) is 1.93. The highest BCUT2D eigenvalue weighted by atomic mass is 35.5. The van der Waals surface area contributed by atoms with Gasteiger partial charge >= 0.3 is 0 Å². The molecule has 2 aromatic heterocycles. The Hall–Kier alpha value is -1.42. The Balaban J connectivity index is 2.55. The van der Waals surface area contributed by atoms with Gasteiger partial charge in [0, 0.05) is 18.0 Å². The van der Waals surface area contributed by atoms with Crippen LogP contribution in [0.5, 0.6) is 0 Å². The fourth-order valence-electron chi connectivity index (χ4n) is 1.17. The van der Waals surface area contributed by atoms with Crippen molar-refractivity contribution in [3.05, 3.63) is 35.0 Å². The van der Waals surface area contributed by atoms with Crippen molar-refractivity contribution in [3.8, 4) is 5.82 Å². The molecule has 0 atom stereocenters. The van der Waals surface area contributed by atoms with Crippen LogP contribution in [0, 0.1) is 13.8 Å². The average Bonchev–Trinajstić information content (AvgIpc) is 2.56. The lowest BCUT2D eigenvalue weighted by molar-refractivity contribution is 0.829. The van der Waals surface area contributed by atoms with Crippen molar-refractivity contribution in [1.82, 2.24) is 19.7 Å². The molecule has 14 heavy (non-hydrogen) atoms. The summed E-state index contributed by atoms with van der Waals surface area (Å²) in [5.41, 5.74) is 2.02. The first kappa shape index (κ1) is 9.15. The fourth-order valence-corrected chi connectivity index (χ4v) is 1.30. The molecule has 4 nitrogen and oxygen atoms in total. The maximum absolute atomic E-state index is 5.71. The number of aromatic nitrogens is 4. The molecule has 0 unspecified atom stereocenters. The van der Waals surface area contributed by atoms with Crippen molar-refractivity contribution in [2.24, 2.45) is 0 Å². The Morgan fingerprint density at radius 2 is 2.07 bits per heavy atom. The molecular weight excluding hydrogens is 200 g/mol. The van der Waals surface area contributed by atoms with E-state index in [4.69, 9.17) is 11.6 Å². The first-order valence-electron chi connectivity index (χ1n) is 4.17. The predicted molar refractivity (Wildman–Crippen MR) is 53.6 cm³/mol. The van der Waals surface area contributed by atoms with Crippen molar-refractivity contribution in [2.75, 3.05) is 0 Å². The van der Waals surface area contributed by atoms with Crippen molar-refractivity contribution in [3.63, 3.8) is 0 Å². The van der Waals surface area contributed by atoms with E-state index in [0.717, 1.165) is 16.9 Å². The highest BCUT2D eigenvalue weighted by Crippen LogP contribution is 2.12. The van der Waals surface area contributed by atoms with E-state index >= 15 is 0 Å². The zero-order chi connectivity index (χ0) is 10.1. The minimum atomic E-state index is 0.235. The third-order valence-electron chi connectivity index (χ3n) is 1.84. The standard InChI is InChI=1S/C9H9ClN4/c1-6-3-12-14(5-6)8-7(2)4-11-9(10)13-8/h3-5H,1-2H3. The summed E-state index contributed by atoms with van der Waals surface area (Å²) in [6, 6.07) is 0. The summed E-state index contributed by atoms with van der Waals surface area (Å²) in [5, 5.41) is 4.39. The van der Waals surface area contributed by atoms with Gasteiger partial charge in [0.1, 0.15) is 0 Å². The van der Waals surface area contributed by atoms with Crippen LogP contribution in [0.15, 0.2) is 18.6 Å². The van der Waals surface area contributed by atoms with E-state index in [1.54, 1.807) is 17.1 Å². The zero-order valence-corrected chi connectivity index (χ0v) is 8.65. The Labute approximate surface area is 86.6 Å². The summed E-state index contributed by atoms with van der Waals surface area (Å²) in [5.74, 6) is 0.720. The van der Waals surface area contributed by atoms with E-state index in [-0.39, 0.29) is 5.28 Å². The van der Waals surface area contributed by atoms with Crippen LogP contribution in [0.25, 0.3) is 5.82 Å². The van der Waals surface area contributed by atoms with Crippen molar-refractivity contribution >= 4 is 11.6 Å². The summed E-state index contributed by atoms with van der Waals surface area (Å²) in [6.45, 7) is 3.89. The van der Waals surface area contributed by atoms with E-state index in [1.807, 2.05) is 20.0 Å². The van der Waals surface area contributed by atoms with Crippen molar-refractivity contribution in [2.45, 2.75) is 13.8 Å². The lowest BCUT2D eigenvalue weighted by atomic mass is 10.3. The first-order valence-corrected chi connectivity index (χ1v) is 4.55. The van der Waals surface area contributed by atoms with Crippen LogP contribution in [0.4, 0.5) is 0 Å². The van der Waals surface area contributed by atoms with Crippen LogP contribution in [-0.2, 0) is 0 Å². The van der Waals surface area contributed by atoms with Gasteiger partial charge in [0.2, 0.25) is 5.28 Å². The summed E-state index contributed by atoms with van der Waals surface area (Å²) in [6.07, 6.45) is 5.35. The Kier molecular flexibility index (Phi) is 2.21. The monoisotopic (exact) mass is 208 g/mol. The molecule has 0 spiro atoms. The van der Waals surface area contributed by atoms with Crippen LogP contribution in [0.2, 0.25) is 5.28 Å². The van der Waals surface area contributed by atoms with E-state index in [0.29, 0.717) is 0 Å². The second-order valence-electron chi connectivity index (χ2n) is 3.11. The maximum Gasteiger partial charge on any atom is 0.224 e. The Morgan fingerprint density at radius 1 is 1.29 bits per heavy atom.